The van der Waals surface area contributed by atoms with E-state index in [9.17, 15) is 9.59 Å². The summed E-state index contributed by atoms with van der Waals surface area (Å²) in [7, 11) is 0. The van der Waals surface area contributed by atoms with Gasteiger partial charge in [-0.1, -0.05) is 30.3 Å². The van der Waals surface area contributed by atoms with Crippen LogP contribution in [0.4, 0.5) is 5.69 Å². The van der Waals surface area contributed by atoms with Crippen LogP contribution in [0, 0.1) is 0 Å². The van der Waals surface area contributed by atoms with Crippen molar-refractivity contribution in [3.05, 3.63) is 54.6 Å². The lowest BCUT2D eigenvalue weighted by atomic mass is 10.2. The standard InChI is InChI=1S/C21H26N2O4/c1-2-26-18-11-6-7-12-19(18)27-16-8-13-21(25)23(15-14-20(22)24)17-9-4-3-5-10-17/h3-7,9-12H,2,8,13-16H2,1H3,(H2,22,24). The summed E-state index contributed by atoms with van der Waals surface area (Å²) in [5.74, 6) is 0.864. The van der Waals surface area contributed by atoms with E-state index in [0.29, 0.717) is 37.6 Å². The maximum atomic E-state index is 12.6. The molecule has 0 radical (unpaired) electrons. The van der Waals surface area contributed by atoms with Gasteiger partial charge in [0.05, 0.1) is 13.2 Å². The maximum absolute atomic E-state index is 12.6. The Hall–Kier alpha value is -3.02. The van der Waals surface area contributed by atoms with E-state index in [-0.39, 0.29) is 18.9 Å². The lowest BCUT2D eigenvalue weighted by Crippen LogP contribution is -2.34. The maximum Gasteiger partial charge on any atom is 0.227 e. The van der Waals surface area contributed by atoms with E-state index in [1.54, 1.807) is 4.90 Å². The molecule has 0 unspecified atom stereocenters. The van der Waals surface area contributed by atoms with Gasteiger partial charge in [-0.05, 0) is 37.6 Å². The smallest absolute Gasteiger partial charge is 0.227 e. The summed E-state index contributed by atoms with van der Waals surface area (Å²) in [6.45, 7) is 3.14. The molecule has 0 saturated carbocycles. The van der Waals surface area contributed by atoms with Crippen molar-refractivity contribution in [2.45, 2.75) is 26.2 Å². The van der Waals surface area contributed by atoms with Gasteiger partial charge in [0, 0.05) is 25.1 Å². The molecule has 0 heterocycles. The predicted octanol–water partition coefficient (Wildman–Crippen LogP) is 3.15. The van der Waals surface area contributed by atoms with Crippen molar-refractivity contribution in [3.8, 4) is 11.5 Å². The van der Waals surface area contributed by atoms with Crippen LogP contribution in [0.5, 0.6) is 11.5 Å². The molecule has 6 nitrogen and oxygen atoms in total. The minimum Gasteiger partial charge on any atom is -0.490 e. The summed E-state index contributed by atoms with van der Waals surface area (Å²) in [4.78, 5) is 25.3. The molecule has 0 aliphatic heterocycles. The Kier molecular flexibility index (Phi) is 8.16. The Balaban J connectivity index is 1.89. The van der Waals surface area contributed by atoms with E-state index in [2.05, 4.69) is 0 Å². The average molecular weight is 370 g/mol. The number of amides is 2. The molecule has 0 spiro atoms. The van der Waals surface area contributed by atoms with Gasteiger partial charge >= 0.3 is 0 Å². The molecule has 0 fully saturated rings. The Morgan fingerprint density at radius 3 is 2.19 bits per heavy atom. The van der Waals surface area contributed by atoms with E-state index < -0.39 is 5.91 Å². The van der Waals surface area contributed by atoms with Gasteiger partial charge in [0.1, 0.15) is 0 Å². The molecule has 0 bridgehead atoms. The van der Waals surface area contributed by atoms with Gasteiger partial charge < -0.3 is 20.1 Å². The van der Waals surface area contributed by atoms with Crippen molar-refractivity contribution < 1.29 is 19.1 Å². The van der Waals surface area contributed by atoms with Crippen molar-refractivity contribution in [2.24, 2.45) is 5.73 Å². The van der Waals surface area contributed by atoms with E-state index in [1.807, 2.05) is 61.5 Å². The summed E-state index contributed by atoms with van der Waals surface area (Å²) < 4.78 is 11.3. The Bertz CT molecular complexity index is 734. The van der Waals surface area contributed by atoms with E-state index >= 15 is 0 Å². The van der Waals surface area contributed by atoms with Gasteiger partial charge in [-0.3, -0.25) is 9.59 Å². The molecule has 0 aromatic heterocycles. The van der Waals surface area contributed by atoms with Crippen LogP contribution in [0.15, 0.2) is 54.6 Å². The largest absolute Gasteiger partial charge is 0.490 e. The van der Waals surface area contributed by atoms with Gasteiger partial charge in [-0.25, -0.2) is 0 Å². The van der Waals surface area contributed by atoms with Gasteiger partial charge in [-0.15, -0.1) is 0 Å². The molecule has 0 aliphatic rings. The molecule has 144 valence electrons. The van der Waals surface area contributed by atoms with Crippen LogP contribution < -0.4 is 20.1 Å². The van der Waals surface area contributed by atoms with Crippen molar-refractivity contribution in [1.82, 2.24) is 0 Å². The molecule has 2 rings (SSSR count). The summed E-state index contributed by atoms with van der Waals surface area (Å²) in [6, 6.07) is 16.7. The summed E-state index contributed by atoms with van der Waals surface area (Å²) in [5.41, 5.74) is 5.99. The van der Waals surface area contributed by atoms with Crippen LogP contribution in [0.2, 0.25) is 0 Å². The van der Waals surface area contributed by atoms with Crippen molar-refractivity contribution in [3.63, 3.8) is 0 Å². The van der Waals surface area contributed by atoms with Crippen molar-refractivity contribution in [2.75, 3.05) is 24.7 Å². The first kappa shape index (κ1) is 20.3. The zero-order valence-electron chi connectivity index (χ0n) is 15.6. The van der Waals surface area contributed by atoms with Crippen LogP contribution in [0.3, 0.4) is 0 Å². The second kappa shape index (κ2) is 10.9. The highest BCUT2D eigenvalue weighted by atomic mass is 16.5. The number of nitrogens with zero attached hydrogens (tertiary/aromatic N) is 1. The Morgan fingerprint density at radius 1 is 0.926 bits per heavy atom. The number of nitrogens with two attached hydrogens (primary N) is 1. The summed E-state index contributed by atoms with van der Waals surface area (Å²) >= 11 is 0. The number of anilines is 1. The number of para-hydroxylation sites is 3. The second-order valence-electron chi connectivity index (χ2n) is 5.93. The number of rotatable bonds is 11. The topological polar surface area (TPSA) is 81.9 Å². The highest BCUT2D eigenvalue weighted by Crippen LogP contribution is 2.26. The normalized spacial score (nSPS) is 10.3. The average Bonchev–Trinajstić information content (AvgIpc) is 2.67. The lowest BCUT2D eigenvalue weighted by molar-refractivity contribution is -0.119. The third-order valence-corrected chi connectivity index (χ3v) is 3.89. The molecule has 6 heteroatoms. The molecule has 2 amide bonds. The molecule has 27 heavy (non-hydrogen) atoms. The summed E-state index contributed by atoms with van der Waals surface area (Å²) in [5, 5.41) is 0. The molecule has 0 saturated heterocycles. The minimum absolute atomic E-state index is 0.0656. The molecule has 0 aliphatic carbocycles. The van der Waals surface area contributed by atoms with E-state index in [0.717, 1.165) is 5.69 Å². The lowest BCUT2D eigenvalue weighted by Gasteiger charge is -2.22. The van der Waals surface area contributed by atoms with Crippen LogP contribution in [-0.2, 0) is 9.59 Å². The molecule has 2 aromatic carbocycles. The third-order valence-electron chi connectivity index (χ3n) is 3.89. The first-order valence-electron chi connectivity index (χ1n) is 9.10. The molecule has 2 aromatic rings. The number of hydrogen-bond acceptors (Lipinski definition) is 4. The fraction of sp³-hybridized carbons (Fsp3) is 0.333. The first-order valence-corrected chi connectivity index (χ1v) is 9.10. The number of ether oxygens (including phenoxy) is 2. The SMILES string of the molecule is CCOc1ccccc1OCCCC(=O)N(CCC(N)=O)c1ccccc1. The van der Waals surface area contributed by atoms with Crippen LogP contribution in [-0.4, -0.2) is 31.6 Å². The number of primary amides is 1. The van der Waals surface area contributed by atoms with Crippen LogP contribution in [0.1, 0.15) is 26.2 Å². The fourth-order valence-corrected chi connectivity index (χ4v) is 2.61. The predicted molar refractivity (Wildman–Crippen MR) is 105 cm³/mol. The van der Waals surface area contributed by atoms with Gasteiger partial charge in [-0.2, -0.15) is 0 Å². The minimum atomic E-state index is -0.431. The fourth-order valence-electron chi connectivity index (χ4n) is 2.61. The molecular weight excluding hydrogens is 344 g/mol. The molecule has 2 N–H and O–H groups in total. The van der Waals surface area contributed by atoms with Gasteiger partial charge in [0.2, 0.25) is 11.8 Å². The number of carbonyl (C=O) groups is 2. The van der Waals surface area contributed by atoms with Gasteiger partial charge in [0.15, 0.2) is 11.5 Å². The van der Waals surface area contributed by atoms with E-state index in [1.165, 1.54) is 0 Å². The van der Waals surface area contributed by atoms with E-state index in [4.69, 9.17) is 15.2 Å². The summed E-state index contributed by atoms with van der Waals surface area (Å²) in [6.07, 6.45) is 0.989. The zero-order valence-corrected chi connectivity index (χ0v) is 15.6. The van der Waals surface area contributed by atoms with Crippen molar-refractivity contribution >= 4 is 17.5 Å². The first-order chi connectivity index (χ1) is 13.1. The number of benzene rings is 2. The molecular formula is C21H26N2O4. The molecule has 0 atom stereocenters. The Labute approximate surface area is 159 Å². The highest BCUT2D eigenvalue weighted by Gasteiger charge is 2.16. The number of hydrogen-bond donors (Lipinski definition) is 1. The third kappa shape index (κ3) is 6.66. The van der Waals surface area contributed by atoms with Crippen LogP contribution >= 0.6 is 0 Å². The monoisotopic (exact) mass is 370 g/mol. The zero-order chi connectivity index (χ0) is 19.5. The number of carbonyl (C=O) groups excluding carboxylic acids is 2. The quantitative estimate of drug-likeness (QED) is 0.616. The second-order valence-corrected chi connectivity index (χ2v) is 5.93. The van der Waals surface area contributed by atoms with Crippen LogP contribution in [0.25, 0.3) is 0 Å². The van der Waals surface area contributed by atoms with Gasteiger partial charge in [0.25, 0.3) is 0 Å². The van der Waals surface area contributed by atoms with Crippen molar-refractivity contribution in [1.29, 1.82) is 0 Å². The Morgan fingerprint density at radius 2 is 1.56 bits per heavy atom. The highest BCUT2D eigenvalue weighted by molar-refractivity contribution is 5.93.